The quantitative estimate of drug-likeness (QED) is 0.280. The second-order valence-electron chi connectivity index (χ2n) is 9.24. The molecule has 0 radical (unpaired) electrons. The zero-order chi connectivity index (χ0) is 26.4. The van der Waals surface area contributed by atoms with Crippen LogP contribution in [0.2, 0.25) is 0 Å². The first-order valence-corrected chi connectivity index (χ1v) is 15.7. The predicted molar refractivity (Wildman–Crippen MR) is 153 cm³/mol. The second kappa shape index (κ2) is 12.0. The molecule has 1 aliphatic heterocycles. The van der Waals surface area contributed by atoms with Crippen molar-refractivity contribution in [2.75, 3.05) is 48.3 Å². The molecule has 38 heavy (non-hydrogen) atoms. The van der Waals surface area contributed by atoms with Crippen LogP contribution in [0, 0.1) is 0 Å². The van der Waals surface area contributed by atoms with E-state index >= 15 is 0 Å². The third-order valence-corrected chi connectivity index (χ3v) is 9.68. The van der Waals surface area contributed by atoms with Gasteiger partial charge in [0.25, 0.3) is 0 Å². The normalized spacial score (nSPS) is 14.9. The summed E-state index contributed by atoms with van der Waals surface area (Å²) < 4.78 is 37.2. The second-order valence-corrected chi connectivity index (χ2v) is 12.9. The van der Waals surface area contributed by atoms with Crippen molar-refractivity contribution in [2.24, 2.45) is 0 Å². The van der Waals surface area contributed by atoms with E-state index in [-0.39, 0.29) is 9.79 Å². The molecule has 5 rings (SSSR count). The lowest BCUT2D eigenvalue weighted by molar-refractivity contribution is 0.294. The summed E-state index contributed by atoms with van der Waals surface area (Å²) in [5.41, 5.74) is 2.55. The van der Waals surface area contributed by atoms with E-state index in [0.29, 0.717) is 5.82 Å². The molecular weight excluding hydrogens is 518 g/mol. The SMILES string of the molecule is O=S1CCN(CCCCNc2ccc3ncnc(Nc4ccc(S(=O)(=O)c5ccccc5)cc4)c3c2)CC1. The van der Waals surface area contributed by atoms with Crippen molar-refractivity contribution in [3.63, 3.8) is 0 Å². The average Bonchev–Trinajstić information content (AvgIpc) is 2.95. The minimum absolute atomic E-state index is 0.239. The Morgan fingerprint density at radius 3 is 2.32 bits per heavy atom. The highest BCUT2D eigenvalue weighted by Crippen LogP contribution is 2.27. The molecule has 1 aromatic heterocycles. The molecule has 0 amide bonds. The van der Waals surface area contributed by atoms with Crippen LogP contribution < -0.4 is 10.6 Å². The number of benzene rings is 3. The Morgan fingerprint density at radius 1 is 0.842 bits per heavy atom. The molecule has 0 bridgehead atoms. The summed E-state index contributed by atoms with van der Waals surface area (Å²) >= 11 is 0. The molecule has 3 aromatic carbocycles. The van der Waals surface area contributed by atoms with Crippen LogP contribution in [0.5, 0.6) is 0 Å². The lowest BCUT2D eigenvalue weighted by Gasteiger charge is -2.25. The van der Waals surface area contributed by atoms with Crippen LogP contribution in [0.4, 0.5) is 17.2 Å². The van der Waals surface area contributed by atoms with Gasteiger partial charge in [-0.25, -0.2) is 18.4 Å². The monoisotopic (exact) mass is 549 g/mol. The Balaban J connectivity index is 1.21. The molecule has 1 fully saturated rings. The molecule has 1 saturated heterocycles. The van der Waals surface area contributed by atoms with Crippen LogP contribution in [0.3, 0.4) is 0 Å². The molecule has 4 aromatic rings. The van der Waals surface area contributed by atoms with Crippen molar-refractivity contribution in [1.29, 1.82) is 0 Å². The number of hydrogen-bond donors (Lipinski definition) is 2. The van der Waals surface area contributed by atoms with Crippen molar-refractivity contribution in [2.45, 2.75) is 22.6 Å². The molecule has 1 aliphatic rings. The smallest absolute Gasteiger partial charge is 0.206 e. The van der Waals surface area contributed by atoms with E-state index in [0.717, 1.165) is 72.8 Å². The van der Waals surface area contributed by atoms with Crippen LogP contribution in [0.15, 0.2) is 88.9 Å². The maximum absolute atomic E-state index is 12.9. The van der Waals surface area contributed by atoms with Gasteiger partial charge < -0.3 is 15.5 Å². The molecule has 0 aliphatic carbocycles. The van der Waals surface area contributed by atoms with E-state index in [2.05, 4.69) is 25.5 Å². The Kier molecular flexibility index (Phi) is 8.31. The van der Waals surface area contributed by atoms with Gasteiger partial charge in [-0.1, -0.05) is 18.2 Å². The van der Waals surface area contributed by atoms with Gasteiger partial charge in [-0.15, -0.1) is 0 Å². The van der Waals surface area contributed by atoms with Gasteiger partial charge in [0, 0.05) is 58.7 Å². The van der Waals surface area contributed by atoms with Gasteiger partial charge in [-0.2, -0.15) is 0 Å². The Hall–Kier alpha value is -3.34. The predicted octanol–water partition coefficient (Wildman–Crippen LogP) is 4.46. The number of fused-ring (bicyclic) bond motifs is 1. The fourth-order valence-electron chi connectivity index (χ4n) is 4.45. The van der Waals surface area contributed by atoms with Crippen LogP contribution in [0.25, 0.3) is 10.9 Å². The summed E-state index contributed by atoms with van der Waals surface area (Å²) in [5, 5.41) is 7.68. The third-order valence-electron chi connectivity index (χ3n) is 6.62. The van der Waals surface area contributed by atoms with Gasteiger partial charge in [0.1, 0.15) is 12.1 Å². The topological polar surface area (TPSA) is 104 Å². The third kappa shape index (κ3) is 6.38. The highest BCUT2D eigenvalue weighted by molar-refractivity contribution is 7.91. The average molecular weight is 550 g/mol. The van der Waals surface area contributed by atoms with Crippen molar-refractivity contribution in [3.8, 4) is 0 Å². The summed E-state index contributed by atoms with van der Waals surface area (Å²) in [6.45, 7) is 3.78. The first-order valence-electron chi connectivity index (χ1n) is 12.7. The van der Waals surface area contributed by atoms with E-state index in [1.54, 1.807) is 54.6 Å². The first kappa shape index (κ1) is 26.3. The number of rotatable bonds is 10. The Morgan fingerprint density at radius 2 is 1.55 bits per heavy atom. The van der Waals surface area contributed by atoms with Crippen LogP contribution in [0.1, 0.15) is 12.8 Å². The van der Waals surface area contributed by atoms with Crippen molar-refractivity contribution in [1.82, 2.24) is 14.9 Å². The largest absolute Gasteiger partial charge is 0.385 e. The highest BCUT2D eigenvalue weighted by Gasteiger charge is 2.17. The maximum atomic E-state index is 12.9. The number of aromatic nitrogens is 2. The summed E-state index contributed by atoms with van der Waals surface area (Å²) in [4.78, 5) is 11.7. The molecule has 198 valence electrons. The molecule has 0 spiro atoms. The maximum Gasteiger partial charge on any atom is 0.206 e. The Bertz CT molecular complexity index is 1500. The van der Waals surface area contributed by atoms with Crippen LogP contribution >= 0.6 is 0 Å². The summed E-state index contributed by atoms with van der Waals surface area (Å²) in [6.07, 6.45) is 3.66. The molecular formula is C28H31N5O3S2. The van der Waals surface area contributed by atoms with Crippen LogP contribution in [-0.4, -0.2) is 65.2 Å². The minimum atomic E-state index is -3.57. The number of unbranched alkanes of at least 4 members (excludes halogenated alkanes) is 1. The number of hydrogen-bond acceptors (Lipinski definition) is 8. The van der Waals surface area contributed by atoms with Gasteiger partial charge in [-0.3, -0.25) is 4.21 Å². The molecule has 0 atom stereocenters. The van der Waals surface area contributed by atoms with Gasteiger partial charge in [-0.05, 0) is 74.0 Å². The van der Waals surface area contributed by atoms with E-state index in [1.165, 1.54) is 6.33 Å². The molecule has 10 heteroatoms. The number of anilines is 3. The van der Waals surface area contributed by atoms with E-state index < -0.39 is 20.6 Å². The van der Waals surface area contributed by atoms with Gasteiger partial charge in [0.15, 0.2) is 0 Å². The number of nitrogens with one attached hydrogen (secondary N) is 2. The zero-order valence-corrected chi connectivity index (χ0v) is 22.7. The van der Waals surface area contributed by atoms with Crippen LogP contribution in [-0.2, 0) is 20.6 Å². The first-order chi connectivity index (χ1) is 18.5. The van der Waals surface area contributed by atoms with Gasteiger partial charge in [0.05, 0.1) is 15.3 Å². The van der Waals surface area contributed by atoms with Crippen molar-refractivity contribution >= 4 is 48.7 Å². The summed E-state index contributed by atoms with van der Waals surface area (Å²) in [7, 11) is -4.19. The van der Waals surface area contributed by atoms with Crippen molar-refractivity contribution in [3.05, 3.63) is 79.1 Å². The van der Waals surface area contributed by atoms with E-state index in [1.807, 2.05) is 18.2 Å². The highest BCUT2D eigenvalue weighted by atomic mass is 32.2. The van der Waals surface area contributed by atoms with Gasteiger partial charge >= 0.3 is 0 Å². The molecule has 0 unspecified atom stereocenters. The number of sulfone groups is 1. The minimum Gasteiger partial charge on any atom is -0.385 e. The fourth-order valence-corrected chi connectivity index (χ4v) is 6.86. The Labute approximate surface area is 225 Å². The summed E-state index contributed by atoms with van der Waals surface area (Å²) in [6, 6.07) is 21.1. The zero-order valence-electron chi connectivity index (χ0n) is 21.0. The van der Waals surface area contributed by atoms with Gasteiger partial charge in [0.2, 0.25) is 9.84 Å². The van der Waals surface area contributed by atoms with E-state index in [4.69, 9.17) is 0 Å². The van der Waals surface area contributed by atoms with E-state index in [9.17, 15) is 12.6 Å². The lowest BCUT2D eigenvalue weighted by atomic mass is 10.2. The molecule has 0 saturated carbocycles. The fraction of sp³-hybridized carbons (Fsp3) is 0.286. The lowest BCUT2D eigenvalue weighted by Crippen LogP contribution is -2.38. The molecule has 8 nitrogen and oxygen atoms in total. The molecule has 2 heterocycles. The number of nitrogens with zero attached hydrogens (tertiary/aromatic N) is 3. The molecule has 2 N–H and O–H groups in total. The van der Waals surface area contributed by atoms with Crippen molar-refractivity contribution < 1.29 is 12.6 Å². The standard InChI is InChI=1S/C28H31N5O3S2/c34-37-18-16-33(17-19-37)15-5-4-14-29-23-10-13-27-26(20-23)28(31-21-30-27)32-22-8-11-25(12-9-22)38(35,36)24-6-2-1-3-7-24/h1-3,6-13,20-21,29H,4-5,14-19H2,(H,30,31,32). The summed E-state index contributed by atoms with van der Waals surface area (Å²) in [5.74, 6) is 2.25.